The van der Waals surface area contributed by atoms with E-state index in [0.29, 0.717) is 10.0 Å². The molecule has 2 aromatic rings. The number of nitrogens with one attached hydrogen (secondary N) is 1. The summed E-state index contributed by atoms with van der Waals surface area (Å²) in [6.45, 7) is 3.11. The fraction of sp³-hybridized carbons (Fsp3) is 0.286. The number of hydrogen-bond donors (Lipinski definition) is 1. The molecule has 1 aromatic heterocycles. The highest BCUT2D eigenvalue weighted by Crippen LogP contribution is 2.33. The molecular formula is C14H14BrCl2NS. The van der Waals surface area contributed by atoms with Gasteiger partial charge in [0.25, 0.3) is 0 Å². The van der Waals surface area contributed by atoms with Gasteiger partial charge in [-0.25, -0.2) is 0 Å². The lowest BCUT2D eigenvalue weighted by Crippen LogP contribution is -2.22. The molecule has 0 spiro atoms. The van der Waals surface area contributed by atoms with Gasteiger partial charge in [-0.05, 0) is 58.7 Å². The number of halogens is 3. The third kappa shape index (κ3) is 3.96. The molecule has 5 heteroatoms. The van der Waals surface area contributed by atoms with Gasteiger partial charge < -0.3 is 5.32 Å². The van der Waals surface area contributed by atoms with Crippen LogP contribution in [0.3, 0.4) is 0 Å². The molecule has 19 heavy (non-hydrogen) atoms. The van der Waals surface area contributed by atoms with Crippen LogP contribution in [0.4, 0.5) is 0 Å². The summed E-state index contributed by atoms with van der Waals surface area (Å²) < 4.78 is 1.13. The maximum Gasteiger partial charge on any atom is 0.0702 e. The zero-order valence-corrected chi connectivity index (χ0v) is 14.3. The summed E-state index contributed by atoms with van der Waals surface area (Å²) in [5.41, 5.74) is 1.14. The van der Waals surface area contributed by atoms with Crippen LogP contribution in [0.5, 0.6) is 0 Å². The van der Waals surface area contributed by atoms with Crippen molar-refractivity contribution in [2.24, 2.45) is 0 Å². The van der Waals surface area contributed by atoms with Crippen LogP contribution in [0.1, 0.15) is 29.8 Å². The van der Waals surface area contributed by atoms with E-state index in [2.05, 4.69) is 40.3 Å². The summed E-state index contributed by atoms with van der Waals surface area (Å²) in [7, 11) is 0. The van der Waals surface area contributed by atoms with Crippen LogP contribution in [-0.4, -0.2) is 6.54 Å². The van der Waals surface area contributed by atoms with E-state index in [1.54, 1.807) is 11.3 Å². The van der Waals surface area contributed by atoms with Crippen molar-refractivity contribution in [1.82, 2.24) is 5.32 Å². The highest BCUT2D eigenvalue weighted by molar-refractivity contribution is 9.11. The third-order valence-corrected chi connectivity index (χ3v) is 5.18. The van der Waals surface area contributed by atoms with Gasteiger partial charge in [0.1, 0.15) is 0 Å². The van der Waals surface area contributed by atoms with E-state index in [1.165, 1.54) is 4.88 Å². The first kappa shape index (κ1) is 15.3. The Hall–Kier alpha value is -0.0600. The predicted molar refractivity (Wildman–Crippen MR) is 88.6 cm³/mol. The first-order valence-corrected chi connectivity index (χ1v) is 8.42. The average Bonchev–Trinajstić information content (AvgIpc) is 2.80. The zero-order chi connectivity index (χ0) is 13.8. The largest absolute Gasteiger partial charge is 0.306 e. The number of thiophene rings is 1. The minimum atomic E-state index is 0.158. The van der Waals surface area contributed by atoms with Crippen molar-refractivity contribution >= 4 is 50.5 Å². The molecule has 0 aliphatic carbocycles. The summed E-state index contributed by atoms with van der Waals surface area (Å²) in [5.74, 6) is 0. The van der Waals surface area contributed by atoms with Crippen LogP contribution in [0.2, 0.25) is 10.0 Å². The Morgan fingerprint density at radius 1 is 1.21 bits per heavy atom. The van der Waals surface area contributed by atoms with E-state index in [1.807, 2.05) is 18.2 Å². The van der Waals surface area contributed by atoms with Gasteiger partial charge in [0.2, 0.25) is 0 Å². The van der Waals surface area contributed by atoms with Gasteiger partial charge in [0.05, 0.1) is 19.9 Å². The lowest BCUT2D eigenvalue weighted by atomic mass is 10.1. The maximum absolute atomic E-state index is 6.12. The van der Waals surface area contributed by atoms with Crippen molar-refractivity contribution in [1.29, 1.82) is 0 Å². The van der Waals surface area contributed by atoms with Gasteiger partial charge >= 0.3 is 0 Å². The fourth-order valence-electron chi connectivity index (χ4n) is 1.85. The zero-order valence-electron chi connectivity index (χ0n) is 10.4. The molecule has 1 heterocycles. The van der Waals surface area contributed by atoms with E-state index in [9.17, 15) is 0 Å². The summed E-state index contributed by atoms with van der Waals surface area (Å²) in [5, 5.41) is 4.74. The van der Waals surface area contributed by atoms with Gasteiger partial charge in [-0.1, -0.05) is 36.2 Å². The van der Waals surface area contributed by atoms with Crippen molar-refractivity contribution in [3.63, 3.8) is 0 Å². The summed E-state index contributed by atoms with van der Waals surface area (Å²) >= 11 is 17.3. The minimum absolute atomic E-state index is 0.158. The summed E-state index contributed by atoms with van der Waals surface area (Å²) in [4.78, 5) is 1.26. The monoisotopic (exact) mass is 377 g/mol. The molecule has 102 valence electrons. The van der Waals surface area contributed by atoms with Crippen molar-refractivity contribution in [3.8, 4) is 0 Å². The molecule has 1 N–H and O–H groups in total. The lowest BCUT2D eigenvalue weighted by molar-refractivity contribution is 0.606. The Morgan fingerprint density at radius 2 is 2.00 bits per heavy atom. The normalized spacial score (nSPS) is 12.6. The molecule has 2 rings (SSSR count). The first-order chi connectivity index (χ1) is 9.11. The van der Waals surface area contributed by atoms with E-state index >= 15 is 0 Å². The quantitative estimate of drug-likeness (QED) is 0.682. The molecule has 1 atom stereocenters. The molecular weight excluding hydrogens is 365 g/mol. The fourth-order valence-corrected chi connectivity index (χ4v) is 3.68. The van der Waals surface area contributed by atoms with Crippen molar-refractivity contribution in [2.45, 2.75) is 19.4 Å². The van der Waals surface area contributed by atoms with Crippen LogP contribution < -0.4 is 5.32 Å². The van der Waals surface area contributed by atoms with Crippen LogP contribution >= 0.6 is 50.5 Å². The Morgan fingerprint density at radius 3 is 2.58 bits per heavy atom. The Kier molecular flexibility index (Phi) is 5.72. The number of rotatable bonds is 5. The van der Waals surface area contributed by atoms with Crippen molar-refractivity contribution < 1.29 is 0 Å². The standard InChI is InChI=1S/C14H14BrCl2NS/c1-2-7-18-14(12-5-6-13(15)19-12)9-3-4-10(16)11(17)8-9/h3-6,8,14,18H,2,7H2,1H3. The number of hydrogen-bond acceptors (Lipinski definition) is 2. The SMILES string of the molecule is CCCNC(c1ccc(Cl)c(Cl)c1)c1ccc(Br)s1. The van der Waals surface area contributed by atoms with Crippen molar-refractivity contribution in [2.75, 3.05) is 6.54 Å². The van der Waals surface area contributed by atoms with E-state index in [0.717, 1.165) is 22.3 Å². The van der Waals surface area contributed by atoms with Gasteiger partial charge in [0, 0.05) is 4.88 Å². The van der Waals surface area contributed by atoms with Crippen LogP contribution in [-0.2, 0) is 0 Å². The Bertz CT molecular complexity index is 556. The maximum atomic E-state index is 6.12. The molecule has 1 unspecified atom stereocenters. The second kappa shape index (κ2) is 7.09. The molecule has 0 saturated carbocycles. The molecule has 0 amide bonds. The van der Waals surface area contributed by atoms with Gasteiger partial charge in [0.15, 0.2) is 0 Å². The van der Waals surface area contributed by atoms with E-state index in [4.69, 9.17) is 23.2 Å². The smallest absolute Gasteiger partial charge is 0.0702 e. The Balaban J connectivity index is 2.33. The third-order valence-electron chi connectivity index (χ3n) is 2.75. The molecule has 1 aromatic carbocycles. The minimum Gasteiger partial charge on any atom is -0.306 e. The molecule has 0 saturated heterocycles. The van der Waals surface area contributed by atoms with Crippen LogP contribution in [0.15, 0.2) is 34.1 Å². The Labute approximate surface area is 136 Å². The average molecular weight is 379 g/mol. The van der Waals surface area contributed by atoms with E-state index < -0.39 is 0 Å². The predicted octanol–water partition coefficient (Wildman–Crippen LogP) is 5.91. The molecule has 0 radical (unpaired) electrons. The van der Waals surface area contributed by atoms with E-state index in [-0.39, 0.29) is 6.04 Å². The van der Waals surface area contributed by atoms with Crippen molar-refractivity contribution in [3.05, 3.63) is 54.6 Å². The van der Waals surface area contributed by atoms with Crippen LogP contribution in [0, 0.1) is 0 Å². The second-order valence-corrected chi connectivity index (χ2v) is 7.51. The van der Waals surface area contributed by atoms with Gasteiger partial charge in [-0.15, -0.1) is 11.3 Å². The highest BCUT2D eigenvalue weighted by Gasteiger charge is 2.16. The molecule has 0 aliphatic rings. The summed E-state index contributed by atoms with van der Waals surface area (Å²) in [6, 6.07) is 10.2. The van der Waals surface area contributed by atoms with Crippen LogP contribution in [0.25, 0.3) is 0 Å². The molecule has 0 bridgehead atoms. The molecule has 0 aliphatic heterocycles. The first-order valence-electron chi connectivity index (χ1n) is 6.05. The lowest BCUT2D eigenvalue weighted by Gasteiger charge is -2.18. The number of benzene rings is 1. The summed E-state index contributed by atoms with van der Waals surface area (Å²) in [6.07, 6.45) is 1.09. The molecule has 0 fully saturated rings. The topological polar surface area (TPSA) is 12.0 Å². The second-order valence-electron chi connectivity index (χ2n) is 4.20. The molecule has 1 nitrogen and oxygen atoms in total. The van der Waals surface area contributed by atoms with Gasteiger partial charge in [-0.3, -0.25) is 0 Å². The highest BCUT2D eigenvalue weighted by atomic mass is 79.9. The van der Waals surface area contributed by atoms with Gasteiger partial charge in [-0.2, -0.15) is 0 Å².